The number of hydrogen-bond donors (Lipinski definition) is 0. The van der Waals surface area contributed by atoms with Crippen LogP contribution in [0.2, 0.25) is 0 Å². The number of esters is 3. The smallest absolute Gasteiger partial charge is 0.305 e. The average Bonchev–Trinajstić information content (AvgIpc) is 3.16. The lowest BCUT2D eigenvalue weighted by Gasteiger charge is -2.61. The van der Waals surface area contributed by atoms with Crippen LogP contribution in [0.4, 0.5) is 0 Å². The Labute approximate surface area is 210 Å². The van der Waals surface area contributed by atoms with Gasteiger partial charge in [-0.2, -0.15) is 0 Å². The largest absolute Gasteiger partial charge is 0.469 e. The number of fused-ring (bicyclic) bond motifs is 5. The van der Waals surface area contributed by atoms with Crippen LogP contribution >= 0.6 is 0 Å². The van der Waals surface area contributed by atoms with Crippen LogP contribution in [-0.2, 0) is 28.6 Å². The molecule has 4 aliphatic rings. The molecule has 196 valence electrons. The van der Waals surface area contributed by atoms with Crippen molar-refractivity contribution in [1.82, 2.24) is 0 Å². The highest BCUT2D eigenvalue weighted by Crippen LogP contribution is 2.67. The second-order valence-electron chi connectivity index (χ2n) is 12.3. The van der Waals surface area contributed by atoms with Crippen molar-refractivity contribution in [3.8, 4) is 0 Å². The summed E-state index contributed by atoms with van der Waals surface area (Å²) in [6.07, 6.45) is 11.9. The maximum atomic E-state index is 12.3. The minimum absolute atomic E-state index is 0.00332. The molecule has 4 rings (SSSR count). The lowest BCUT2D eigenvalue weighted by molar-refractivity contribution is -0.183. The number of hydrogen-bond acceptors (Lipinski definition) is 6. The van der Waals surface area contributed by atoms with Gasteiger partial charge in [0.1, 0.15) is 12.2 Å². The van der Waals surface area contributed by atoms with E-state index in [-0.39, 0.29) is 40.9 Å². The van der Waals surface area contributed by atoms with Crippen LogP contribution in [-0.4, -0.2) is 37.2 Å². The summed E-state index contributed by atoms with van der Waals surface area (Å²) in [5.74, 6) is 1.95. The lowest BCUT2D eigenvalue weighted by atomic mass is 9.45. The third-order valence-corrected chi connectivity index (χ3v) is 10.6. The van der Waals surface area contributed by atoms with E-state index in [2.05, 4.69) is 32.9 Å². The van der Waals surface area contributed by atoms with E-state index < -0.39 is 0 Å². The fraction of sp³-hybridized carbons (Fsp3) is 0.828. The Balaban J connectivity index is 1.61. The van der Waals surface area contributed by atoms with Crippen LogP contribution in [0.1, 0.15) is 86.0 Å². The van der Waals surface area contributed by atoms with Gasteiger partial charge < -0.3 is 14.2 Å². The van der Waals surface area contributed by atoms with Gasteiger partial charge in [-0.25, -0.2) is 0 Å². The van der Waals surface area contributed by atoms with E-state index in [1.165, 1.54) is 21.0 Å². The van der Waals surface area contributed by atoms with Gasteiger partial charge in [-0.15, -0.1) is 0 Å². The first-order valence-corrected chi connectivity index (χ1v) is 13.6. The number of carbonyl (C=O) groups excluding carboxylic acids is 3. The van der Waals surface area contributed by atoms with Crippen molar-refractivity contribution in [3.63, 3.8) is 0 Å². The van der Waals surface area contributed by atoms with Gasteiger partial charge in [0.25, 0.3) is 0 Å². The second-order valence-corrected chi connectivity index (χ2v) is 12.3. The summed E-state index contributed by atoms with van der Waals surface area (Å²) in [4.78, 5) is 35.7. The van der Waals surface area contributed by atoms with Gasteiger partial charge in [-0.3, -0.25) is 14.4 Å². The second kappa shape index (κ2) is 9.89. The standard InChI is InChI=1S/C29H44O6/c1-17(7-12-27(32)33-6)23-10-11-24-22-9-8-20-15-21(34-18(2)30)13-14-28(20,4)25(22)16-26(29(23,24)5)35-19(3)31/h8-9,17,20-26H,7,10-16H2,1-6H3/t17-,20+,21+,22+,23+,24-,25-,26-,28-,29+/m0/s1. The van der Waals surface area contributed by atoms with Crippen LogP contribution < -0.4 is 0 Å². The van der Waals surface area contributed by atoms with E-state index in [1.807, 2.05) is 0 Å². The number of methoxy groups -OCH3 is 1. The number of ether oxygens (including phenoxy) is 3. The summed E-state index contributed by atoms with van der Waals surface area (Å²) in [6.45, 7) is 10.1. The average molecular weight is 489 g/mol. The molecule has 0 aromatic carbocycles. The Bertz CT molecular complexity index is 865. The van der Waals surface area contributed by atoms with E-state index in [0.29, 0.717) is 41.9 Å². The quantitative estimate of drug-likeness (QED) is 0.280. The highest BCUT2D eigenvalue weighted by Gasteiger charge is 2.64. The molecule has 4 aliphatic carbocycles. The molecule has 6 heteroatoms. The maximum Gasteiger partial charge on any atom is 0.305 e. The highest BCUT2D eigenvalue weighted by atomic mass is 16.5. The Kier molecular flexibility index (Phi) is 7.41. The van der Waals surface area contributed by atoms with Gasteiger partial charge in [0.05, 0.1) is 7.11 Å². The third kappa shape index (κ3) is 4.67. The van der Waals surface area contributed by atoms with E-state index >= 15 is 0 Å². The fourth-order valence-electron chi connectivity index (χ4n) is 8.85. The Hall–Kier alpha value is -1.85. The molecule has 0 radical (unpaired) electrons. The predicted molar refractivity (Wildman–Crippen MR) is 132 cm³/mol. The molecular formula is C29H44O6. The summed E-state index contributed by atoms with van der Waals surface area (Å²) in [6, 6.07) is 0. The minimum Gasteiger partial charge on any atom is -0.469 e. The van der Waals surface area contributed by atoms with Crippen molar-refractivity contribution >= 4 is 17.9 Å². The molecule has 3 saturated carbocycles. The third-order valence-electron chi connectivity index (χ3n) is 10.6. The molecular weight excluding hydrogens is 444 g/mol. The fourth-order valence-corrected chi connectivity index (χ4v) is 8.85. The van der Waals surface area contributed by atoms with Gasteiger partial charge in [0, 0.05) is 25.7 Å². The summed E-state index contributed by atoms with van der Waals surface area (Å²) >= 11 is 0. The number of rotatable bonds is 6. The van der Waals surface area contributed by atoms with E-state index in [1.54, 1.807) is 0 Å². The normalized spacial score (nSPS) is 42.7. The van der Waals surface area contributed by atoms with Crippen molar-refractivity contribution in [2.24, 2.45) is 46.3 Å². The Morgan fingerprint density at radius 2 is 1.69 bits per heavy atom. The molecule has 10 atom stereocenters. The molecule has 35 heavy (non-hydrogen) atoms. The van der Waals surface area contributed by atoms with Crippen molar-refractivity contribution in [1.29, 1.82) is 0 Å². The van der Waals surface area contributed by atoms with Crippen LogP contribution in [0.5, 0.6) is 0 Å². The first-order valence-electron chi connectivity index (χ1n) is 13.6. The van der Waals surface area contributed by atoms with E-state index in [9.17, 15) is 14.4 Å². The molecule has 0 amide bonds. The molecule has 0 spiro atoms. The van der Waals surface area contributed by atoms with E-state index in [4.69, 9.17) is 14.2 Å². The number of allylic oxidation sites excluding steroid dienone is 2. The molecule has 0 saturated heterocycles. The SMILES string of the molecule is COC(=O)CC[C@H](C)[C@H]1CC[C@H]2[C@H]3C=C[C@@H]4C[C@H](OC(C)=O)CC[C@]4(C)[C@H]3C[C@H](OC(C)=O)[C@]12C. The molecule has 0 unspecified atom stereocenters. The topological polar surface area (TPSA) is 78.9 Å². The summed E-state index contributed by atoms with van der Waals surface area (Å²) in [7, 11) is 1.45. The maximum absolute atomic E-state index is 12.3. The van der Waals surface area contributed by atoms with Crippen molar-refractivity contribution in [2.45, 2.75) is 98.2 Å². The van der Waals surface area contributed by atoms with Crippen molar-refractivity contribution in [3.05, 3.63) is 12.2 Å². The molecule has 0 N–H and O–H groups in total. The molecule has 0 aliphatic heterocycles. The van der Waals surface area contributed by atoms with Crippen LogP contribution in [0.3, 0.4) is 0 Å². The zero-order valence-corrected chi connectivity index (χ0v) is 22.4. The van der Waals surface area contributed by atoms with Gasteiger partial charge in [0.15, 0.2) is 0 Å². The van der Waals surface area contributed by atoms with Gasteiger partial charge >= 0.3 is 17.9 Å². The molecule has 0 aromatic rings. The van der Waals surface area contributed by atoms with Crippen molar-refractivity contribution in [2.75, 3.05) is 7.11 Å². The summed E-state index contributed by atoms with van der Waals surface area (Å²) < 4.78 is 16.6. The van der Waals surface area contributed by atoms with E-state index in [0.717, 1.165) is 44.9 Å². The predicted octanol–water partition coefficient (Wildman–Crippen LogP) is 5.48. The lowest BCUT2D eigenvalue weighted by Crippen LogP contribution is -2.58. The van der Waals surface area contributed by atoms with Crippen LogP contribution in [0.25, 0.3) is 0 Å². The first kappa shape index (κ1) is 26.2. The molecule has 6 nitrogen and oxygen atoms in total. The molecule has 3 fully saturated rings. The minimum atomic E-state index is -0.201. The first-order chi connectivity index (χ1) is 16.5. The Morgan fingerprint density at radius 1 is 0.971 bits per heavy atom. The Morgan fingerprint density at radius 3 is 2.34 bits per heavy atom. The van der Waals surface area contributed by atoms with Crippen molar-refractivity contribution < 1.29 is 28.6 Å². The molecule has 0 aromatic heterocycles. The summed E-state index contributed by atoms with van der Waals surface area (Å²) in [5.41, 5.74) is 0.00916. The van der Waals surface area contributed by atoms with Gasteiger partial charge in [0.2, 0.25) is 0 Å². The monoisotopic (exact) mass is 488 g/mol. The summed E-state index contributed by atoms with van der Waals surface area (Å²) in [5, 5.41) is 0. The number of carbonyl (C=O) groups is 3. The highest BCUT2D eigenvalue weighted by molar-refractivity contribution is 5.69. The van der Waals surface area contributed by atoms with Gasteiger partial charge in [-0.05, 0) is 85.9 Å². The molecule has 0 heterocycles. The van der Waals surface area contributed by atoms with Gasteiger partial charge in [-0.1, -0.05) is 32.9 Å². The van der Waals surface area contributed by atoms with Crippen LogP contribution in [0, 0.1) is 46.3 Å². The molecule has 0 bridgehead atoms. The zero-order valence-electron chi connectivity index (χ0n) is 22.4. The zero-order chi connectivity index (χ0) is 25.5. The van der Waals surface area contributed by atoms with Crippen LogP contribution in [0.15, 0.2) is 12.2 Å².